The molecule has 1 amide bonds. The highest BCUT2D eigenvalue weighted by atomic mass is 127. The van der Waals surface area contributed by atoms with Crippen molar-refractivity contribution in [3.63, 3.8) is 0 Å². The van der Waals surface area contributed by atoms with Crippen LogP contribution in [0.15, 0.2) is 48.5 Å². The average Bonchev–Trinajstić information content (AvgIpc) is 2.49. The summed E-state index contributed by atoms with van der Waals surface area (Å²) < 4.78 is 13.9. The van der Waals surface area contributed by atoms with E-state index in [1.54, 1.807) is 12.1 Å². The summed E-state index contributed by atoms with van der Waals surface area (Å²) in [6, 6.07) is 13.9. The number of carbonyl (C=O) groups excluding carboxylic acids is 1. The van der Waals surface area contributed by atoms with Crippen molar-refractivity contribution >= 4 is 34.2 Å². The maximum Gasteiger partial charge on any atom is 0.242 e. The molecule has 2 aromatic carbocycles. The van der Waals surface area contributed by atoms with Crippen molar-refractivity contribution in [2.75, 3.05) is 11.9 Å². The van der Waals surface area contributed by atoms with Crippen molar-refractivity contribution in [1.29, 1.82) is 0 Å². The van der Waals surface area contributed by atoms with Gasteiger partial charge < -0.3 is 10.6 Å². The molecule has 0 aliphatic carbocycles. The van der Waals surface area contributed by atoms with E-state index in [0.29, 0.717) is 13.0 Å². The van der Waals surface area contributed by atoms with E-state index in [-0.39, 0.29) is 17.8 Å². The van der Waals surface area contributed by atoms with Crippen LogP contribution in [0.3, 0.4) is 0 Å². The number of halogens is 2. The quantitative estimate of drug-likeness (QED) is 0.713. The molecule has 5 heteroatoms. The van der Waals surface area contributed by atoms with Gasteiger partial charge in [-0.2, -0.15) is 0 Å². The molecule has 0 aliphatic rings. The second kappa shape index (κ2) is 8.12. The first-order valence-electron chi connectivity index (χ1n) is 7.09. The van der Waals surface area contributed by atoms with Crippen LogP contribution in [0.1, 0.15) is 12.5 Å². The monoisotopic (exact) mass is 412 g/mol. The lowest BCUT2D eigenvalue weighted by molar-refractivity contribution is -0.121. The number of hydrogen-bond donors (Lipinski definition) is 2. The van der Waals surface area contributed by atoms with Gasteiger partial charge in [-0.1, -0.05) is 18.2 Å². The number of nitrogens with one attached hydrogen (secondary N) is 2. The van der Waals surface area contributed by atoms with Crippen molar-refractivity contribution in [2.45, 2.75) is 19.4 Å². The highest BCUT2D eigenvalue weighted by molar-refractivity contribution is 14.1. The summed E-state index contributed by atoms with van der Waals surface area (Å²) in [6.45, 7) is 2.36. The SMILES string of the molecule is CC(Nc1cccc(I)c1)C(=O)NCCc1ccc(F)cc1. The molecular weight excluding hydrogens is 394 g/mol. The highest BCUT2D eigenvalue weighted by Gasteiger charge is 2.11. The minimum atomic E-state index is -0.314. The zero-order chi connectivity index (χ0) is 15.9. The summed E-state index contributed by atoms with van der Waals surface area (Å²) in [6.07, 6.45) is 0.683. The smallest absolute Gasteiger partial charge is 0.242 e. The van der Waals surface area contributed by atoms with E-state index in [2.05, 4.69) is 33.2 Å². The molecule has 22 heavy (non-hydrogen) atoms. The van der Waals surface area contributed by atoms with Crippen molar-refractivity contribution < 1.29 is 9.18 Å². The maximum absolute atomic E-state index is 12.8. The first-order chi connectivity index (χ1) is 10.5. The molecule has 0 spiro atoms. The number of amides is 1. The molecule has 2 rings (SSSR count). The van der Waals surface area contributed by atoms with Gasteiger partial charge in [0.1, 0.15) is 11.9 Å². The Morgan fingerprint density at radius 3 is 2.64 bits per heavy atom. The molecule has 0 saturated heterocycles. The fourth-order valence-corrected chi connectivity index (χ4v) is 2.57. The van der Waals surface area contributed by atoms with Gasteiger partial charge in [-0.3, -0.25) is 4.79 Å². The lowest BCUT2D eigenvalue weighted by atomic mass is 10.1. The molecule has 3 nitrogen and oxygen atoms in total. The van der Waals surface area contributed by atoms with Crippen LogP contribution in [0, 0.1) is 9.39 Å². The fourth-order valence-electron chi connectivity index (χ4n) is 2.03. The molecule has 0 bridgehead atoms. The zero-order valence-corrected chi connectivity index (χ0v) is 14.4. The molecule has 0 heterocycles. The fraction of sp³-hybridized carbons (Fsp3) is 0.235. The Morgan fingerprint density at radius 1 is 1.23 bits per heavy atom. The number of anilines is 1. The van der Waals surface area contributed by atoms with E-state index in [9.17, 15) is 9.18 Å². The summed E-state index contributed by atoms with van der Waals surface area (Å²) in [5.74, 6) is -0.302. The summed E-state index contributed by atoms with van der Waals surface area (Å²) in [7, 11) is 0. The van der Waals surface area contributed by atoms with Crippen LogP contribution < -0.4 is 10.6 Å². The van der Waals surface area contributed by atoms with Gasteiger partial charge in [0.2, 0.25) is 5.91 Å². The molecule has 116 valence electrons. The molecule has 0 aromatic heterocycles. The maximum atomic E-state index is 12.8. The zero-order valence-electron chi connectivity index (χ0n) is 12.3. The molecule has 1 unspecified atom stereocenters. The Labute approximate surface area is 143 Å². The third-order valence-corrected chi connectivity index (χ3v) is 3.90. The first kappa shape index (κ1) is 16.7. The van der Waals surface area contributed by atoms with Gasteiger partial charge in [-0.05, 0) is 71.8 Å². The van der Waals surface area contributed by atoms with Crippen molar-refractivity contribution in [3.05, 3.63) is 63.5 Å². The third kappa shape index (κ3) is 5.29. The molecule has 2 aromatic rings. The Morgan fingerprint density at radius 2 is 1.95 bits per heavy atom. The van der Waals surface area contributed by atoms with Crippen LogP contribution in [-0.2, 0) is 11.2 Å². The molecule has 0 fully saturated rings. The highest BCUT2D eigenvalue weighted by Crippen LogP contribution is 2.13. The standard InChI is InChI=1S/C17H18FIN2O/c1-12(21-16-4-2-3-15(19)11-16)17(22)20-10-9-13-5-7-14(18)8-6-13/h2-8,11-12,21H,9-10H2,1H3,(H,20,22). The van der Waals surface area contributed by atoms with E-state index >= 15 is 0 Å². The summed E-state index contributed by atoms with van der Waals surface area (Å²) in [5.41, 5.74) is 1.92. The Kier molecular flexibility index (Phi) is 6.18. The van der Waals surface area contributed by atoms with E-state index in [1.807, 2.05) is 31.2 Å². The van der Waals surface area contributed by atoms with E-state index < -0.39 is 0 Å². The van der Waals surface area contributed by atoms with Crippen molar-refractivity contribution in [3.8, 4) is 0 Å². The predicted octanol–water partition coefficient (Wildman–Crippen LogP) is 3.59. The van der Waals surface area contributed by atoms with Crippen LogP contribution in [0.4, 0.5) is 10.1 Å². The van der Waals surface area contributed by atoms with Crippen LogP contribution in [-0.4, -0.2) is 18.5 Å². The predicted molar refractivity (Wildman–Crippen MR) is 95.4 cm³/mol. The summed E-state index contributed by atoms with van der Waals surface area (Å²) >= 11 is 2.23. The molecular formula is C17H18FIN2O. The van der Waals surface area contributed by atoms with Crippen LogP contribution in [0.25, 0.3) is 0 Å². The lowest BCUT2D eigenvalue weighted by Gasteiger charge is -2.15. The van der Waals surface area contributed by atoms with Gasteiger partial charge in [-0.15, -0.1) is 0 Å². The number of hydrogen-bond acceptors (Lipinski definition) is 2. The largest absolute Gasteiger partial charge is 0.374 e. The minimum Gasteiger partial charge on any atom is -0.374 e. The Bertz CT molecular complexity index is 631. The van der Waals surface area contributed by atoms with E-state index in [1.165, 1.54) is 12.1 Å². The van der Waals surface area contributed by atoms with Crippen LogP contribution in [0.5, 0.6) is 0 Å². The second-order valence-corrected chi connectivity index (χ2v) is 6.29. The van der Waals surface area contributed by atoms with Crippen molar-refractivity contribution in [2.24, 2.45) is 0 Å². The first-order valence-corrected chi connectivity index (χ1v) is 8.17. The van der Waals surface area contributed by atoms with Gasteiger partial charge in [0.05, 0.1) is 0 Å². The number of benzene rings is 2. The molecule has 0 radical (unpaired) electrons. The van der Waals surface area contributed by atoms with Gasteiger partial charge in [0, 0.05) is 15.8 Å². The molecule has 0 aliphatic heterocycles. The Balaban J connectivity index is 1.77. The Hall–Kier alpha value is -1.63. The second-order valence-electron chi connectivity index (χ2n) is 5.04. The lowest BCUT2D eigenvalue weighted by Crippen LogP contribution is -2.38. The van der Waals surface area contributed by atoms with Gasteiger partial charge >= 0.3 is 0 Å². The van der Waals surface area contributed by atoms with Crippen LogP contribution in [0.2, 0.25) is 0 Å². The van der Waals surface area contributed by atoms with E-state index in [4.69, 9.17) is 0 Å². The average molecular weight is 412 g/mol. The molecule has 0 saturated carbocycles. The van der Waals surface area contributed by atoms with Gasteiger partial charge in [-0.25, -0.2) is 4.39 Å². The summed E-state index contributed by atoms with van der Waals surface area (Å²) in [4.78, 5) is 12.0. The molecule has 1 atom stereocenters. The van der Waals surface area contributed by atoms with Crippen LogP contribution >= 0.6 is 22.6 Å². The third-order valence-electron chi connectivity index (χ3n) is 3.23. The van der Waals surface area contributed by atoms with E-state index in [0.717, 1.165) is 14.8 Å². The van der Waals surface area contributed by atoms with Gasteiger partial charge in [0.15, 0.2) is 0 Å². The topological polar surface area (TPSA) is 41.1 Å². The van der Waals surface area contributed by atoms with Gasteiger partial charge in [0.25, 0.3) is 0 Å². The normalized spacial score (nSPS) is 11.8. The summed E-state index contributed by atoms with van der Waals surface area (Å²) in [5, 5.41) is 6.06. The number of rotatable bonds is 6. The number of carbonyl (C=O) groups is 1. The van der Waals surface area contributed by atoms with Crippen molar-refractivity contribution in [1.82, 2.24) is 5.32 Å². The molecule has 2 N–H and O–H groups in total. The minimum absolute atomic E-state index is 0.0547.